The molecule has 0 N–H and O–H groups in total. The van der Waals surface area contributed by atoms with Gasteiger partial charge in [-0.2, -0.15) is 0 Å². The molecule has 0 spiro atoms. The Labute approximate surface area is 187 Å². The van der Waals surface area contributed by atoms with Crippen LogP contribution >= 0.6 is 0 Å². The van der Waals surface area contributed by atoms with Crippen molar-refractivity contribution in [1.29, 1.82) is 0 Å². The van der Waals surface area contributed by atoms with Crippen LogP contribution in [0.3, 0.4) is 0 Å². The van der Waals surface area contributed by atoms with Gasteiger partial charge in [0.05, 0.1) is 0 Å². The fourth-order valence-electron chi connectivity index (χ4n) is 5.63. The van der Waals surface area contributed by atoms with E-state index in [0.717, 1.165) is 5.92 Å². The van der Waals surface area contributed by atoms with Gasteiger partial charge in [0.25, 0.3) is 0 Å². The van der Waals surface area contributed by atoms with Crippen LogP contribution in [0.15, 0.2) is 39.6 Å². The Morgan fingerprint density at radius 2 is 1.34 bits per heavy atom. The van der Waals surface area contributed by atoms with Crippen molar-refractivity contribution in [3.8, 4) is 0 Å². The van der Waals surface area contributed by atoms with Gasteiger partial charge in [-0.15, -0.1) is 0 Å². The van der Waals surface area contributed by atoms with Gasteiger partial charge in [0, 0.05) is 0 Å². The predicted octanol–water partition coefficient (Wildman–Crippen LogP) is 8.65. The summed E-state index contributed by atoms with van der Waals surface area (Å²) in [7, 11) is -1.55. The Balaban J connectivity index is 2.53. The molecule has 0 amide bonds. The molecule has 0 aliphatic heterocycles. The van der Waals surface area contributed by atoms with E-state index in [-0.39, 0.29) is 0 Å². The molecule has 1 aliphatic carbocycles. The van der Waals surface area contributed by atoms with Crippen LogP contribution < -0.4 is 5.19 Å². The molecule has 2 rings (SSSR count). The summed E-state index contributed by atoms with van der Waals surface area (Å²) in [4.78, 5) is 0. The molecule has 1 aromatic carbocycles. The van der Waals surface area contributed by atoms with Gasteiger partial charge in [-0.05, 0) is 0 Å². The Kier molecular flexibility index (Phi) is 11.1. The predicted molar refractivity (Wildman–Crippen MR) is 138 cm³/mol. The summed E-state index contributed by atoms with van der Waals surface area (Å²) in [6, 6.07) is 11.5. The van der Waals surface area contributed by atoms with Crippen molar-refractivity contribution in [3.63, 3.8) is 0 Å². The van der Waals surface area contributed by atoms with E-state index in [2.05, 4.69) is 73.5 Å². The fourth-order valence-corrected chi connectivity index (χ4v) is 30.6. The molecule has 164 valence electrons. The zero-order valence-corrected chi connectivity index (χ0v) is 24.1. The van der Waals surface area contributed by atoms with Crippen molar-refractivity contribution in [3.05, 3.63) is 39.6 Å². The van der Waals surface area contributed by atoms with E-state index in [1.807, 2.05) is 0 Å². The topological polar surface area (TPSA) is 0 Å². The summed E-state index contributed by atoms with van der Waals surface area (Å²) in [5.74, 6) is 0.951. The number of benzene rings is 1. The zero-order chi connectivity index (χ0) is 21.2. The van der Waals surface area contributed by atoms with Crippen LogP contribution in [0.1, 0.15) is 85.0 Å². The van der Waals surface area contributed by atoms with Crippen LogP contribution in [0, 0.1) is 5.92 Å². The first-order chi connectivity index (χ1) is 14.0. The maximum atomic E-state index is 3.00. The van der Waals surface area contributed by atoms with Crippen molar-refractivity contribution in [2.45, 2.75) is 111 Å². The minimum absolute atomic E-state index is 0.951. The average molecular weight is 519 g/mol. The van der Waals surface area contributed by atoms with E-state index in [4.69, 9.17) is 0 Å². The molecule has 1 aliphatic rings. The molecule has 0 aromatic heterocycles. The van der Waals surface area contributed by atoms with Gasteiger partial charge in [0.1, 0.15) is 0 Å². The molecule has 1 aromatic rings. The van der Waals surface area contributed by atoms with E-state index in [0.29, 0.717) is 0 Å². The quantitative estimate of drug-likeness (QED) is 0.229. The van der Waals surface area contributed by atoms with Crippen molar-refractivity contribution >= 4 is 31.6 Å². The molecule has 0 saturated heterocycles. The Morgan fingerprint density at radius 1 is 0.862 bits per heavy atom. The van der Waals surface area contributed by atoms with Crippen LogP contribution in [-0.4, -0.2) is 26.5 Å². The van der Waals surface area contributed by atoms with Gasteiger partial charge in [-0.25, -0.2) is 0 Å². The van der Waals surface area contributed by atoms with Crippen LogP contribution in [0.25, 0.3) is 0 Å². The van der Waals surface area contributed by atoms with Crippen molar-refractivity contribution in [1.82, 2.24) is 0 Å². The second kappa shape index (κ2) is 12.7. The molecule has 1 saturated carbocycles. The number of rotatable bonds is 13. The van der Waals surface area contributed by atoms with E-state index in [9.17, 15) is 0 Å². The third kappa shape index (κ3) is 7.26. The van der Waals surface area contributed by atoms with E-state index in [1.54, 1.807) is 18.5 Å². The maximum absolute atomic E-state index is 3.00. The second-order valence-corrected chi connectivity index (χ2v) is 27.8. The SMILES string of the molecule is CCC[CH2][Sn]([CH2]CCC)([CH2]CCC)/[C](=C\[Si](C)(C)c1ccccc1)C1CCCC1. The van der Waals surface area contributed by atoms with E-state index >= 15 is 0 Å². The van der Waals surface area contributed by atoms with Gasteiger partial charge < -0.3 is 0 Å². The first-order valence-electron chi connectivity index (χ1n) is 12.8. The number of unbranched alkanes of at least 4 members (excludes halogenated alkanes) is 3. The first kappa shape index (κ1) is 25.2. The second-order valence-electron chi connectivity index (χ2n) is 10.3. The average Bonchev–Trinajstić information content (AvgIpc) is 3.27. The van der Waals surface area contributed by atoms with Crippen molar-refractivity contribution < 1.29 is 0 Å². The Morgan fingerprint density at radius 3 is 1.79 bits per heavy atom. The van der Waals surface area contributed by atoms with Gasteiger partial charge in [0.2, 0.25) is 0 Å². The summed E-state index contributed by atoms with van der Waals surface area (Å²) >= 11 is -2.36. The monoisotopic (exact) mass is 520 g/mol. The Hall–Kier alpha value is -0.0244. The van der Waals surface area contributed by atoms with Crippen LogP contribution in [0.4, 0.5) is 0 Å². The molecule has 2 heteroatoms. The molecule has 0 radical (unpaired) electrons. The summed E-state index contributed by atoms with van der Waals surface area (Å²) in [5, 5.41) is 1.64. The number of allylic oxidation sites excluding steroid dienone is 1. The zero-order valence-electron chi connectivity index (χ0n) is 20.2. The van der Waals surface area contributed by atoms with E-state index < -0.39 is 26.5 Å². The van der Waals surface area contributed by atoms with Crippen molar-refractivity contribution in [2.75, 3.05) is 0 Å². The summed E-state index contributed by atoms with van der Waals surface area (Å²) in [5.41, 5.74) is 3.00. The van der Waals surface area contributed by atoms with Crippen LogP contribution in [-0.2, 0) is 0 Å². The van der Waals surface area contributed by atoms with Crippen LogP contribution in [0.2, 0.25) is 26.4 Å². The molecular weight excluding hydrogens is 471 g/mol. The third-order valence-electron chi connectivity index (χ3n) is 7.47. The van der Waals surface area contributed by atoms with Gasteiger partial charge in [-0.1, -0.05) is 0 Å². The third-order valence-corrected chi connectivity index (χ3v) is 27.4. The molecule has 1 fully saturated rings. The standard InChI is InChI=1S/C15H21Si.3C4H9.Sn/c1-16(2,15-10-4-3-5-11-15)13-12-14-8-6-7-9-14;3*1-3-4-2;/h3-5,10-11,13-14H,6-9H2,1-2H3;3*1,3-4H2,2H3;. The molecule has 0 unspecified atom stereocenters. The fraction of sp³-hybridized carbons (Fsp3) is 0.704. The molecule has 29 heavy (non-hydrogen) atoms. The van der Waals surface area contributed by atoms with Gasteiger partial charge >= 0.3 is 189 Å². The molecular formula is C27H48SiSn. The van der Waals surface area contributed by atoms with Crippen LogP contribution in [0.5, 0.6) is 0 Å². The number of hydrogen-bond donors (Lipinski definition) is 0. The van der Waals surface area contributed by atoms with Gasteiger partial charge in [-0.3, -0.25) is 0 Å². The Bertz CT molecular complexity index is 576. The molecule has 0 heterocycles. The number of hydrogen-bond acceptors (Lipinski definition) is 0. The van der Waals surface area contributed by atoms with E-state index in [1.165, 1.54) is 64.2 Å². The molecule has 0 nitrogen and oxygen atoms in total. The van der Waals surface area contributed by atoms with Crippen molar-refractivity contribution in [2.24, 2.45) is 5.92 Å². The first-order valence-corrected chi connectivity index (χ1v) is 23.3. The summed E-state index contributed by atoms with van der Waals surface area (Å²) < 4.78 is 7.03. The molecule has 0 bridgehead atoms. The summed E-state index contributed by atoms with van der Waals surface area (Å²) in [6.45, 7) is 12.5. The normalized spacial score (nSPS) is 16.5. The summed E-state index contributed by atoms with van der Waals surface area (Å²) in [6.07, 6.45) is 14.6. The van der Waals surface area contributed by atoms with Gasteiger partial charge in [0.15, 0.2) is 0 Å². The molecule has 0 atom stereocenters. The minimum atomic E-state index is -2.36.